The number of hydrogen-bond donors (Lipinski definition) is 2. The predicted octanol–water partition coefficient (Wildman–Crippen LogP) is 6.80. The van der Waals surface area contributed by atoms with Crippen LogP contribution in [0.5, 0.6) is 0 Å². The zero-order chi connectivity index (χ0) is 34.4. The predicted molar refractivity (Wildman–Crippen MR) is 194 cm³/mol. The number of imidazole rings is 2. The van der Waals surface area contributed by atoms with Crippen molar-refractivity contribution < 1.29 is 9.59 Å². The number of likely N-dealkylation sites (N-methyl/N-ethyl adjacent to an activating group) is 1. The molecule has 2 amide bonds. The molecule has 0 radical (unpaired) electrons. The van der Waals surface area contributed by atoms with Crippen molar-refractivity contribution in [2.24, 2.45) is 25.9 Å². The maximum absolute atomic E-state index is 13.6. The fourth-order valence-corrected chi connectivity index (χ4v) is 8.26. The average molecular weight is 704 g/mol. The second-order valence-corrected chi connectivity index (χ2v) is 14.9. The minimum atomic E-state index is -0.338. The Hall–Kier alpha value is -3.70. The van der Waals surface area contributed by atoms with Crippen molar-refractivity contribution >= 4 is 46.4 Å². The average Bonchev–Trinajstić information content (AvgIpc) is 3.59. The first-order chi connectivity index (χ1) is 23.6. The third-order valence-corrected chi connectivity index (χ3v) is 11.4. The molecule has 0 atom stereocenters. The van der Waals surface area contributed by atoms with E-state index in [0.29, 0.717) is 50.7 Å². The zero-order valence-electron chi connectivity index (χ0n) is 28.7. The standard InChI is InChI=1S/C37H44Cl2N8O2/c1-22-11-13-23(14-12-22)19-47-18-16-31-29(21-47)41-35(46(31)4)37(49)43-27-10-6-8-25(33(27)39)24-7-5-9-26(32(24)38)42-36(48)34-40-28-20-44(2)17-15-30(28)45(34)3/h5-10,22-23H,11-21H2,1-4H3,(H,42,48)(H,43,49). The smallest absolute Gasteiger partial charge is 0.291 e. The molecule has 2 aromatic heterocycles. The Morgan fingerprint density at radius 1 is 0.755 bits per heavy atom. The van der Waals surface area contributed by atoms with Gasteiger partial charge in [-0.25, -0.2) is 9.97 Å². The van der Waals surface area contributed by atoms with Crippen molar-refractivity contribution in [3.05, 3.63) is 80.9 Å². The largest absolute Gasteiger partial charge is 0.327 e. The van der Waals surface area contributed by atoms with Gasteiger partial charge in [0.25, 0.3) is 11.8 Å². The molecule has 0 saturated heterocycles. The molecule has 4 aromatic rings. The Morgan fingerprint density at radius 2 is 1.27 bits per heavy atom. The lowest BCUT2D eigenvalue weighted by atomic mass is 9.82. The van der Waals surface area contributed by atoms with E-state index < -0.39 is 0 Å². The van der Waals surface area contributed by atoms with E-state index in [1.54, 1.807) is 12.1 Å². The summed E-state index contributed by atoms with van der Waals surface area (Å²) in [6, 6.07) is 10.8. The summed E-state index contributed by atoms with van der Waals surface area (Å²) in [4.78, 5) is 41.1. The number of nitrogens with one attached hydrogen (secondary N) is 2. The number of aromatic nitrogens is 4. The molecule has 1 saturated carbocycles. The molecule has 49 heavy (non-hydrogen) atoms. The maximum atomic E-state index is 13.6. The second kappa shape index (κ2) is 13.9. The summed E-state index contributed by atoms with van der Waals surface area (Å²) in [5.41, 5.74) is 6.23. The highest BCUT2D eigenvalue weighted by Crippen LogP contribution is 2.40. The third-order valence-electron chi connectivity index (χ3n) is 10.6. The van der Waals surface area contributed by atoms with Crippen LogP contribution in [0.2, 0.25) is 10.0 Å². The van der Waals surface area contributed by atoms with Crippen molar-refractivity contribution in [1.82, 2.24) is 28.9 Å². The van der Waals surface area contributed by atoms with Gasteiger partial charge >= 0.3 is 0 Å². The molecule has 12 heteroatoms. The van der Waals surface area contributed by atoms with Gasteiger partial charge in [-0.15, -0.1) is 0 Å². The fraction of sp³-hybridized carbons (Fsp3) is 0.459. The van der Waals surface area contributed by atoms with Crippen molar-refractivity contribution in [1.29, 1.82) is 0 Å². The van der Waals surface area contributed by atoms with Gasteiger partial charge in [0.05, 0.1) is 32.8 Å². The Morgan fingerprint density at radius 3 is 1.82 bits per heavy atom. The van der Waals surface area contributed by atoms with Gasteiger partial charge in [0.2, 0.25) is 0 Å². The fourth-order valence-electron chi connectivity index (χ4n) is 7.71. The van der Waals surface area contributed by atoms with Crippen LogP contribution in [-0.4, -0.2) is 67.4 Å². The zero-order valence-corrected chi connectivity index (χ0v) is 30.2. The number of halogens is 2. The monoisotopic (exact) mass is 702 g/mol. The van der Waals surface area contributed by atoms with Crippen molar-refractivity contribution in [3.8, 4) is 11.1 Å². The van der Waals surface area contributed by atoms with Crippen molar-refractivity contribution in [2.45, 2.75) is 58.5 Å². The number of hydrogen-bond acceptors (Lipinski definition) is 6. The lowest BCUT2D eigenvalue weighted by Crippen LogP contribution is -2.36. The van der Waals surface area contributed by atoms with E-state index >= 15 is 0 Å². The van der Waals surface area contributed by atoms with Crippen LogP contribution < -0.4 is 10.6 Å². The molecule has 2 aliphatic heterocycles. The number of carbonyl (C=O) groups excluding carboxylic acids is 2. The van der Waals surface area contributed by atoms with E-state index in [4.69, 9.17) is 28.2 Å². The van der Waals surface area contributed by atoms with Gasteiger partial charge in [0, 0.05) is 82.2 Å². The van der Waals surface area contributed by atoms with Gasteiger partial charge in [-0.3, -0.25) is 14.5 Å². The quantitative estimate of drug-likeness (QED) is 0.220. The van der Waals surface area contributed by atoms with Crippen molar-refractivity contribution in [3.63, 3.8) is 0 Å². The highest BCUT2D eigenvalue weighted by atomic mass is 35.5. The minimum Gasteiger partial charge on any atom is -0.327 e. The summed E-state index contributed by atoms with van der Waals surface area (Å²) in [7, 11) is 5.83. The molecular weight excluding hydrogens is 659 g/mol. The second-order valence-electron chi connectivity index (χ2n) is 14.1. The Bertz CT molecular complexity index is 1910. The highest BCUT2D eigenvalue weighted by Gasteiger charge is 2.29. The molecule has 258 valence electrons. The number of amides is 2. The lowest BCUT2D eigenvalue weighted by Gasteiger charge is -2.33. The molecule has 0 bridgehead atoms. The first-order valence-electron chi connectivity index (χ1n) is 17.3. The van der Waals surface area contributed by atoms with E-state index in [-0.39, 0.29) is 11.8 Å². The lowest BCUT2D eigenvalue weighted by molar-refractivity contribution is 0.100. The highest BCUT2D eigenvalue weighted by molar-refractivity contribution is 6.40. The van der Waals surface area contributed by atoms with Crippen LogP contribution in [0.25, 0.3) is 11.1 Å². The van der Waals surface area contributed by atoms with Crippen molar-refractivity contribution in [2.75, 3.05) is 37.3 Å². The summed E-state index contributed by atoms with van der Waals surface area (Å²) in [5.74, 6) is 1.64. The van der Waals surface area contributed by atoms with Crippen LogP contribution in [0.15, 0.2) is 36.4 Å². The SMILES string of the molecule is CC1CCC(CN2CCc3c(nc(C(=O)Nc4cccc(-c5cccc(NC(=O)c6nc7c(n6C)CCN(C)C7)c5Cl)c4Cl)n3C)C2)CC1. The van der Waals surface area contributed by atoms with Gasteiger partial charge in [0.1, 0.15) is 0 Å². The first kappa shape index (κ1) is 33.8. The maximum Gasteiger partial charge on any atom is 0.291 e. The molecule has 2 aromatic carbocycles. The molecular formula is C37H44Cl2N8O2. The van der Waals surface area contributed by atoms with Crippen LogP contribution >= 0.6 is 23.2 Å². The molecule has 7 rings (SSSR count). The number of nitrogens with zero attached hydrogens (tertiary/aromatic N) is 6. The third kappa shape index (κ3) is 6.76. The normalized spacial score (nSPS) is 19.7. The topological polar surface area (TPSA) is 100 Å². The van der Waals surface area contributed by atoms with E-state index in [1.807, 2.05) is 54.5 Å². The Balaban J connectivity index is 1.06. The molecule has 4 heterocycles. The minimum absolute atomic E-state index is 0.320. The summed E-state index contributed by atoms with van der Waals surface area (Å²) in [6.45, 7) is 6.83. The molecule has 1 aliphatic carbocycles. The van der Waals surface area contributed by atoms with Gasteiger partial charge in [-0.1, -0.05) is 67.2 Å². The van der Waals surface area contributed by atoms with E-state index in [2.05, 4.69) is 32.3 Å². The van der Waals surface area contributed by atoms with E-state index in [9.17, 15) is 9.59 Å². The Labute approximate surface area is 297 Å². The molecule has 3 aliphatic rings. The summed E-state index contributed by atoms with van der Waals surface area (Å²) in [5, 5.41) is 6.62. The van der Waals surface area contributed by atoms with E-state index in [0.717, 1.165) is 73.6 Å². The first-order valence-corrected chi connectivity index (χ1v) is 18.0. The number of fused-ring (bicyclic) bond motifs is 2. The van der Waals surface area contributed by atoms with Gasteiger partial charge < -0.3 is 24.7 Å². The number of anilines is 2. The molecule has 2 N–H and O–H groups in total. The van der Waals surface area contributed by atoms with Gasteiger partial charge in [-0.05, 0) is 43.9 Å². The molecule has 10 nitrogen and oxygen atoms in total. The molecule has 0 spiro atoms. The summed E-state index contributed by atoms with van der Waals surface area (Å²) >= 11 is 13.8. The summed E-state index contributed by atoms with van der Waals surface area (Å²) in [6.07, 6.45) is 6.95. The van der Waals surface area contributed by atoms with Crippen LogP contribution in [0.4, 0.5) is 11.4 Å². The number of benzene rings is 2. The van der Waals surface area contributed by atoms with Gasteiger partial charge in [-0.2, -0.15) is 0 Å². The van der Waals surface area contributed by atoms with Crippen LogP contribution in [0, 0.1) is 11.8 Å². The number of rotatable bonds is 7. The Kier molecular flexibility index (Phi) is 9.58. The van der Waals surface area contributed by atoms with Crippen LogP contribution in [-0.2, 0) is 40.0 Å². The van der Waals surface area contributed by atoms with Gasteiger partial charge in [0.15, 0.2) is 11.6 Å². The summed E-state index contributed by atoms with van der Waals surface area (Å²) < 4.78 is 3.78. The number of carbonyl (C=O) groups is 2. The molecule has 1 fully saturated rings. The van der Waals surface area contributed by atoms with E-state index in [1.165, 1.54) is 25.7 Å². The molecule has 0 unspecified atom stereocenters. The van der Waals surface area contributed by atoms with Crippen LogP contribution in [0.3, 0.4) is 0 Å². The van der Waals surface area contributed by atoms with Crippen LogP contribution in [0.1, 0.15) is 76.6 Å².